The van der Waals surface area contributed by atoms with Gasteiger partial charge in [0.25, 0.3) is 5.91 Å². The van der Waals surface area contributed by atoms with Crippen LogP contribution in [0.25, 0.3) is 0 Å². The molecular formula is C21H20ClFN2O3. The topological polar surface area (TPSA) is 58.6 Å². The molecule has 0 fully saturated rings. The SMILES string of the molecule is COC(=O)CC1=CC(=O)N(Cc2ccc(F)cc2Cl)c2cc(C)c(C)cc2N1. The molecule has 2 aromatic carbocycles. The lowest BCUT2D eigenvalue weighted by molar-refractivity contribution is -0.139. The predicted molar refractivity (Wildman–Crippen MR) is 107 cm³/mol. The van der Waals surface area contributed by atoms with Crippen molar-refractivity contribution in [2.45, 2.75) is 26.8 Å². The first-order valence-corrected chi connectivity index (χ1v) is 9.07. The molecule has 2 aromatic rings. The molecule has 0 spiro atoms. The van der Waals surface area contributed by atoms with Crippen LogP contribution in [-0.2, 0) is 20.9 Å². The summed E-state index contributed by atoms with van der Waals surface area (Å²) >= 11 is 6.17. The maximum absolute atomic E-state index is 13.4. The largest absolute Gasteiger partial charge is 0.469 e. The van der Waals surface area contributed by atoms with Crippen LogP contribution in [0, 0.1) is 19.7 Å². The van der Waals surface area contributed by atoms with Crippen LogP contribution in [-0.4, -0.2) is 19.0 Å². The summed E-state index contributed by atoms with van der Waals surface area (Å²) in [4.78, 5) is 26.2. The average Bonchev–Trinajstić information content (AvgIpc) is 2.74. The number of anilines is 2. The lowest BCUT2D eigenvalue weighted by Gasteiger charge is -2.24. The molecule has 3 rings (SSSR count). The second-order valence-electron chi connectivity index (χ2n) is 6.66. The molecule has 1 aliphatic heterocycles. The van der Waals surface area contributed by atoms with Gasteiger partial charge in [-0.05, 0) is 54.8 Å². The number of esters is 1. The van der Waals surface area contributed by atoms with Crippen molar-refractivity contribution in [3.63, 3.8) is 0 Å². The fourth-order valence-corrected chi connectivity index (χ4v) is 3.21. The number of nitrogens with one attached hydrogen (secondary N) is 1. The van der Waals surface area contributed by atoms with Crippen molar-refractivity contribution in [2.24, 2.45) is 0 Å². The second kappa shape index (κ2) is 8.02. The number of amides is 1. The van der Waals surface area contributed by atoms with Crippen LogP contribution in [0.15, 0.2) is 42.1 Å². The fraction of sp³-hybridized carbons (Fsp3) is 0.238. The number of halogens is 2. The highest BCUT2D eigenvalue weighted by Crippen LogP contribution is 2.35. The van der Waals surface area contributed by atoms with Gasteiger partial charge in [-0.25, -0.2) is 4.39 Å². The van der Waals surface area contributed by atoms with Gasteiger partial charge in [0.15, 0.2) is 0 Å². The number of nitrogens with zero attached hydrogens (tertiary/aromatic N) is 1. The molecule has 1 N–H and O–H groups in total. The van der Waals surface area contributed by atoms with Gasteiger partial charge in [-0.15, -0.1) is 0 Å². The molecule has 0 saturated carbocycles. The van der Waals surface area contributed by atoms with Crippen LogP contribution >= 0.6 is 11.6 Å². The number of carbonyl (C=O) groups excluding carboxylic acids is 2. The molecule has 1 amide bonds. The van der Waals surface area contributed by atoms with Crippen LogP contribution < -0.4 is 10.2 Å². The summed E-state index contributed by atoms with van der Waals surface area (Å²) < 4.78 is 18.1. The smallest absolute Gasteiger partial charge is 0.311 e. The van der Waals surface area contributed by atoms with Gasteiger partial charge in [-0.2, -0.15) is 0 Å². The molecule has 0 radical (unpaired) electrons. The number of hydrogen-bond donors (Lipinski definition) is 1. The predicted octanol–water partition coefficient (Wildman–Crippen LogP) is 4.50. The minimum atomic E-state index is -0.452. The Balaban J connectivity index is 2.06. The first kappa shape index (κ1) is 19.9. The van der Waals surface area contributed by atoms with E-state index in [-0.39, 0.29) is 23.9 Å². The van der Waals surface area contributed by atoms with E-state index in [1.54, 1.807) is 11.0 Å². The normalized spacial score (nSPS) is 13.4. The van der Waals surface area contributed by atoms with E-state index in [0.717, 1.165) is 11.1 Å². The Morgan fingerprint density at radius 2 is 1.93 bits per heavy atom. The molecule has 0 saturated heterocycles. The number of aryl methyl sites for hydroxylation is 2. The molecule has 0 bridgehead atoms. The van der Waals surface area contributed by atoms with E-state index >= 15 is 0 Å². The number of methoxy groups -OCH3 is 1. The van der Waals surface area contributed by atoms with Gasteiger partial charge in [0.1, 0.15) is 5.82 Å². The van der Waals surface area contributed by atoms with Crippen LogP contribution in [0.5, 0.6) is 0 Å². The van der Waals surface area contributed by atoms with Crippen molar-refractivity contribution < 1.29 is 18.7 Å². The van der Waals surface area contributed by atoms with Crippen LogP contribution in [0.1, 0.15) is 23.1 Å². The van der Waals surface area contributed by atoms with E-state index in [4.69, 9.17) is 16.3 Å². The van der Waals surface area contributed by atoms with E-state index in [1.807, 2.05) is 26.0 Å². The Labute approximate surface area is 167 Å². The van der Waals surface area contributed by atoms with Gasteiger partial charge in [0.05, 0.1) is 31.5 Å². The highest BCUT2D eigenvalue weighted by atomic mass is 35.5. The molecule has 0 atom stereocenters. The van der Waals surface area contributed by atoms with Crippen molar-refractivity contribution in [2.75, 3.05) is 17.3 Å². The molecule has 28 heavy (non-hydrogen) atoms. The first-order valence-electron chi connectivity index (χ1n) is 8.69. The van der Waals surface area contributed by atoms with Crippen LogP contribution in [0.3, 0.4) is 0 Å². The molecule has 7 heteroatoms. The molecule has 1 heterocycles. The van der Waals surface area contributed by atoms with Crippen molar-refractivity contribution >= 4 is 34.9 Å². The lowest BCUT2D eigenvalue weighted by Crippen LogP contribution is -2.28. The summed E-state index contributed by atoms with van der Waals surface area (Å²) in [5.74, 6) is -1.20. The summed E-state index contributed by atoms with van der Waals surface area (Å²) in [5, 5.41) is 3.41. The van der Waals surface area contributed by atoms with E-state index in [2.05, 4.69) is 5.32 Å². The Kier molecular flexibility index (Phi) is 5.70. The molecule has 5 nitrogen and oxygen atoms in total. The average molecular weight is 403 g/mol. The summed E-state index contributed by atoms with van der Waals surface area (Å²) in [5.41, 5.74) is 4.46. The van der Waals surface area contributed by atoms with Gasteiger partial charge in [0, 0.05) is 16.8 Å². The number of rotatable bonds is 4. The summed E-state index contributed by atoms with van der Waals surface area (Å²) in [6.45, 7) is 4.09. The van der Waals surface area contributed by atoms with Gasteiger partial charge >= 0.3 is 5.97 Å². The molecule has 146 valence electrons. The van der Waals surface area contributed by atoms with Crippen molar-refractivity contribution in [3.05, 3.63) is 69.6 Å². The van der Waals surface area contributed by atoms with E-state index in [0.29, 0.717) is 22.6 Å². The number of fused-ring (bicyclic) bond motifs is 1. The lowest BCUT2D eigenvalue weighted by atomic mass is 10.1. The molecule has 0 unspecified atom stereocenters. The highest BCUT2D eigenvalue weighted by Gasteiger charge is 2.25. The maximum atomic E-state index is 13.4. The Morgan fingerprint density at radius 1 is 1.21 bits per heavy atom. The van der Waals surface area contributed by atoms with Crippen molar-refractivity contribution in [1.82, 2.24) is 0 Å². The summed E-state index contributed by atoms with van der Waals surface area (Å²) in [7, 11) is 1.30. The van der Waals surface area contributed by atoms with E-state index in [1.165, 1.54) is 25.3 Å². The number of hydrogen-bond acceptors (Lipinski definition) is 4. The van der Waals surface area contributed by atoms with Crippen LogP contribution in [0.2, 0.25) is 5.02 Å². The third-order valence-corrected chi connectivity index (χ3v) is 5.02. The van der Waals surface area contributed by atoms with Gasteiger partial charge in [0.2, 0.25) is 0 Å². The second-order valence-corrected chi connectivity index (χ2v) is 7.07. The summed E-state index contributed by atoms with van der Waals surface area (Å²) in [6, 6.07) is 7.91. The monoisotopic (exact) mass is 402 g/mol. The molecule has 0 aliphatic carbocycles. The van der Waals surface area contributed by atoms with E-state index in [9.17, 15) is 14.0 Å². The van der Waals surface area contributed by atoms with Crippen molar-refractivity contribution in [1.29, 1.82) is 0 Å². The molecular weight excluding hydrogens is 383 g/mol. The van der Waals surface area contributed by atoms with Crippen molar-refractivity contribution in [3.8, 4) is 0 Å². The van der Waals surface area contributed by atoms with Crippen LogP contribution in [0.4, 0.5) is 15.8 Å². The number of benzene rings is 2. The first-order chi connectivity index (χ1) is 13.3. The number of ether oxygens (including phenoxy) is 1. The third-order valence-electron chi connectivity index (χ3n) is 4.67. The zero-order valence-electron chi connectivity index (χ0n) is 15.8. The Hall–Kier alpha value is -2.86. The minimum absolute atomic E-state index is 0.0558. The zero-order valence-corrected chi connectivity index (χ0v) is 16.6. The van der Waals surface area contributed by atoms with Gasteiger partial charge in [-0.1, -0.05) is 17.7 Å². The Bertz CT molecular complexity index is 988. The fourth-order valence-electron chi connectivity index (χ4n) is 2.99. The molecule has 0 aromatic heterocycles. The maximum Gasteiger partial charge on any atom is 0.311 e. The van der Waals surface area contributed by atoms with Gasteiger partial charge < -0.3 is 15.0 Å². The molecule has 1 aliphatic rings. The van der Waals surface area contributed by atoms with Gasteiger partial charge in [-0.3, -0.25) is 9.59 Å². The quantitative estimate of drug-likeness (QED) is 0.765. The Morgan fingerprint density at radius 3 is 2.61 bits per heavy atom. The third kappa shape index (κ3) is 4.17. The summed E-state index contributed by atoms with van der Waals surface area (Å²) in [6.07, 6.45) is 1.32. The zero-order chi connectivity index (χ0) is 20.4. The van der Waals surface area contributed by atoms with E-state index < -0.39 is 11.8 Å². The number of carbonyl (C=O) groups is 2. The minimum Gasteiger partial charge on any atom is -0.469 e. The highest BCUT2D eigenvalue weighted by molar-refractivity contribution is 6.31. The standard InChI is InChI=1S/C21H20ClFN2O3/c1-12-6-18-19(7-13(12)2)25(11-14-4-5-15(23)8-17(14)22)20(26)9-16(24-18)10-21(27)28-3/h4-9,24H,10-11H2,1-3H3.